The van der Waals surface area contributed by atoms with E-state index in [1.807, 2.05) is 0 Å². The van der Waals surface area contributed by atoms with Gasteiger partial charge in [-0.1, -0.05) is 0 Å². The van der Waals surface area contributed by atoms with Gasteiger partial charge in [-0.2, -0.15) is 13.2 Å². The summed E-state index contributed by atoms with van der Waals surface area (Å²) in [5.74, 6) is -0.549. The van der Waals surface area contributed by atoms with Gasteiger partial charge in [0.05, 0.1) is 6.42 Å². The minimum absolute atomic E-state index is 0.0338. The van der Waals surface area contributed by atoms with Crippen LogP contribution in [0.5, 0.6) is 0 Å². The minimum atomic E-state index is -4.26. The van der Waals surface area contributed by atoms with Crippen molar-refractivity contribution in [3.63, 3.8) is 0 Å². The highest BCUT2D eigenvalue weighted by molar-refractivity contribution is 5.75. The van der Waals surface area contributed by atoms with E-state index < -0.39 is 24.9 Å². The topological polar surface area (TPSA) is 55.1 Å². The largest absolute Gasteiger partial charge is 0.389 e. The number of halogens is 3. The first-order chi connectivity index (χ1) is 6.87. The van der Waals surface area contributed by atoms with Crippen molar-refractivity contribution in [3.05, 3.63) is 0 Å². The molecule has 0 bridgehead atoms. The molecule has 0 saturated heterocycles. The van der Waals surface area contributed by atoms with E-state index in [2.05, 4.69) is 5.32 Å². The Labute approximate surface area is 86.2 Å². The summed E-state index contributed by atoms with van der Waals surface area (Å²) in [6.07, 6.45) is -3.92. The van der Waals surface area contributed by atoms with Crippen LogP contribution in [0.15, 0.2) is 0 Å². The maximum absolute atomic E-state index is 11.8. The lowest BCUT2D eigenvalue weighted by atomic mass is 10.1. The molecule has 1 amide bonds. The van der Waals surface area contributed by atoms with Crippen molar-refractivity contribution in [2.75, 3.05) is 13.1 Å². The molecule has 88 valence electrons. The SMILES string of the molecule is NCC1(CNC(=O)CCC(F)(F)F)CC1. The lowest BCUT2D eigenvalue weighted by Crippen LogP contribution is -2.34. The van der Waals surface area contributed by atoms with Crippen LogP contribution >= 0.6 is 0 Å². The Bertz CT molecular complexity index is 236. The second-order valence-corrected chi connectivity index (χ2v) is 4.10. The zero-order valence-corrected chi connectivity index (χ0v) is 8.36. The highest BCUT2D eigenvalue weighted by Crippen LogP contribution is 2.43. The first kappa shape index (κ1) is 12.3. The highest BCUT2D eigenvalue weighted by atomic mass is 19.4. The van der Waals surface area contributed by atoms with E-state index in [9.17, 15) is 18.0 Å². The molecule has 0 aromatic rings. The summed E-state index contributed by atoms with van der Waals surface area (Å²) in [5.41, 5.74) is 5.43. The molecule has 0 atom stereocenters. The van der Waals surface area contributed by atoms with Crippen LogP contribution in [0.4, 0.5) is 13.2 Å². The lowest BCUT2D eigenvalue weighted by Gasteiger charge is -2.13. The third-order valence-corrected chi connectivity index (χ3v) is 2.69. The number of carbonyl (C=O) groups is 1. The van der Waals surface area contributed by atoms with Crippen LogP contribution < -0.4 is 11.1 Å². The van der Waals surface area contributed by atoms with Gasteiger partial charge in [-0.15, -0.1) is 0 Å². The van der Waals surface area contributed by atoms with Gasteiger partial charge in [0.2, 0.25) is 5.91 Å². The second kappa shape index (κ2) is 4.38. The molecule has 0 radical (unpaired) electrons. The Morgan fingerprint density at radius 3 is 2.40 bits per heavy atom. The summed E-state index contributed by atoms with van der Waals surface area (Å²) in [6.45, 7) is 0.882. The molecule has 0 heterocycles. The first-order valence-electron chi connectivity index (χ1n) is 4.90. The summed E-state index contributed by atoms with van der Waals surface area (Å²) in [5, 5.41) is 2.49. The number of nitrogens with one attached hydrogen (secondary N) is 1. The summed E-state index contributed by atoms with van der Waals surface area (Å²) in [7, 11) is 0. The average Bonchev–Trinajstić information content (AvgIpc) is 2.91. The second-order valence-electron chi connectivity index (χ2n) is 4.10. The van der Waals surface area contributed by atoms with Crippen molar-refractivity contribution in [2.45, 2.75) is 31.9 Å². The highest BCUT2D eigenvalue weighted by Gasteiger charge is 2.41. The smallest absolute Gasteiger partial charge is 0.355 e. The maximum Gasteiger partial charge on any atom is 0.389 e. The van der Waals surface area contributed by atoms with Gasteiger partial charge in [0.1, 0.15) is 0 Å². The average molecular weight is 224 g/mol. The fraction of sp³-hybridized carbons (Fsp3) is 0.889. The van der Waals surface area contributed by atoms with E-state index in [0.29, 0.717) is 13.1 Å². The van der Waals surface area contributed by atoms with Gasteiger partial charge in [0, 0.05) is 13.0 Å². The van der Waals surface area contributed by atoms with Gasteiger partial charge in [-0.3, -0.25) is 4.79 Å². The summed E-state index contributed by atoms with van der Waals surface area (Å²) < 4.78 is 35.3. The van der Waals surface area contributed by atoms with Crippen LogP contribution in [0.1, 0.15) is 25.7 Å². The molecule has 1 rings (SSSR count). The van der Waals surface area contributed by atoms with Crippen molar-refractivity contribution in [1.82, 2.24) is 5.32 Å². The molecule has 15 heavy (non-hydrogen) atoms. The third-order valence-electron chi connectivity index (χ3n) is 2.69. The fourth-order valence-electron chi connectivity index (χ4n) is 1.26. The summed E-state index contributed by atoms with van der Waals surface area (Å²) >= 11 is 0. The molecule has 0 aromatic heterocycles. The molecule has 3 N–H and O–H groups in total. The maximum atomic E-state index is 11.8. The Morgan fingerprint density at radius 2 is 2.00 bits per heavy atom. The van der Waals surface area contributed by atoms with Gasteiger partial charge in [-0.25, -0.2) is 0 Å². The normalized spacial score (nSPS) is 18.7. The zero-order chi connectivity index (χ0) is 11.5. The minimum Gasteiger partial charge on any atom is -0.355 e. The number of amides is 1. The van der Waals surface area contributed by atoms with E-state index in [4.69, 9.17) is 5.73 Å². The van der Waals surface area contributed by atoms with Crippen molar-refractivity contribution in [3.8, 4) is 0 Å². The van der Waals surface area contributed by atoms with E-state index >= 15 is 0 Å². The summed E-state index contributed by atoms with van der Waals surface area (Å²) in [6, 6.07) is 0. The molecule has 1 aliphatic carbocycles. The predicted octanol–water partition coefficient (Wildman–Crippen LogP) is 1.18. The van der Waals surface area contributed by atoms with Crippen molar-refractivity contribution >= 4 is 5.91 Å². The van der Waals surface area contributed by atoms with Crippen molar-refractivity contribution in [1.29, 1.82) is 0 Å². The third kappa shape index (κ3) is 4.51. The van der Waals surface area contributed by atoms with E-state index in [-0.39, 0.29) is 5.41 Å². The van der Waals surface area contributed by atoms with Crippen LogP contribution in [0.2, 0.25) is 0 Å². The Morgan fingerprint density at radius 1 is 1.40 bits per heavy atom. The Hall–Kier alpha value is -0.780. The van der Waals surface area contributed by atoms with Crippen LogP contribution in [-0.4, -0.2) is 25.2 Å². The van der Waals surface area contributed by atoms with Gasteiger partial charge in [0.15, 0.2) is 0 Å². The first-order valence-corrected chi connectivity index (χ1v) is 4.90. The quantitative estimate of drug-likeness (QED) is 0.736. The molecule has 1 saturated carbocycles. The molecular weight excluding hydrogens is 209 g/mol. The molecule has 0 aliphatic heterocycles. The zero-order valence-electron chi connectivity index (χ0n) is 8.36. The molecule has 6 heteroatoms. The molecule has 0 spiro atoms. The van der Waals surface area contributed by atoms with Crippen LogP contribution in [0.25, 0.3) is 0 Å². The van der Waals surface area contributed by atoms with Crippen LogP contribution in [-0.2, 0) is 4.79 Å². The number of alkyl halides is 3. The van der Waals surface area contributed by atoms with E-state index in [1.54, 1.807) is 0 Å². The van der Waals surface area contributed by atoms with Gasteiger partial charge in [-0.05, 0) is 24.8 Å². The number of nitrogens with two attached hydrogens (primary N) is 1. The monoisotopic (exact) mass is 224 g/mol. The van der Waals surface area contributed by atoms with Gasteiger partial charge in [0.25, 0.3) is 0 Å². The van der Waals surface area contributed by atoms with E-state index in [0.717, 1.165) is 12.8 Å². The number of carbonyl (C=O) groups excluding carboxylic acids is 1. The molecule has 0 unspecified atom stereocenters. The molecule has 1 fully saturated rings. The number of rotatable bonds is 5. The number of hydrogen-bond donors (Lipinski definition) is 2. The van der Waals surface area contributed by atoms with Gasteiger partial charge >= 0.3 is 6.18 Å². The van der Waals surface area contributed by atoms with Gasteiger partial charge < -0.3 is 11.1 Å². The molecule has 0 aromatic carbocycles. The lowest BCUT2D eigenvalue weighted by molar-refractivity contribution is -0.144. The van der Waals surface area contributed by atoms with Crippen molar-refractivity contribution in [2.24, 2.45) is 11.1 Å². The Balaban J connectivity index is 2.14. The fourth-order valence-corrected chi connectivity index (χ4v) is 1.26. The summed E-state index contributed by atoms with van der Waals surface area (Å²) in [4.78, 5) is 11.0. The predicted molar refractivity (Wildman–Crippen MR) is 49.0 cm³/mol. The Kier molecular flexibility index (Phi) is 3.59. The molecule has 3 nitrogen and oxygen atoms in total. The van der Waals surface area contributed by atoms with Crippen LogP contribution in [0.3, 0.4) is 0 Å². The van der Waals surface area contributed by atoms with E-state index in [1.165, 1.54) is 0 Å². The molecular formula is C9H15F3N2O. The standard InChI is InChI=1S/C9H15F3N2O/c10-9(11,12)2-1-7(15)14-6-8(5-13)3-4-8/h1-6,13H2,(H,14,15). The molecule has 1 aliphatic rings. The van der Waals surface area contributed by atoms with Crippen molar-refractivity contribution < 1.29 is 18.0 Å². The number of hydrogen-bond acceptors (Lipinski definition) is 2. The van der Waals surface area contributed by atoms with Crippen LogP contribution in [0, 0.1) is 5.41 Å².